The third-order valence-corrected chi connectivity index (χ3v) is 3.81. The summed E-state index contributed by atoms with van der Waals surface area (Å²) in [6.45, 7) is 8.16. The van der Waals surface area contributed by atoms with Gasteiger partial charge in [-0.15, -0.1) is 0 Å². The van der Waals surface area contributed by atoms with Crippen molar-refractivity contribution in [1.82, 2.24) is 15.0 Å². The molecule has 0 radical (unpaired) electrons. The summed E-state index contributed by atoms with van der Waals surface area (Å²) in [5, 5.41) is 4.72. The highest BCUT2D eigenvalue weighted by Gasteiger charge is 2.12. The molecular formula is C17H19ClN4O. The fourth-order valence-corrected chi connectivity index (χ4v) is 2.57. The molecule has 1 aromatic carbocycles. The van der Waals surface area contributed by atoms with Crippen LogP contribution in [0.2, 0.25) is 5.15 Å². The number of fused-ring (bicyclic) bond motifs is 1. The van der Waals surface area contributed by atoms with Crippen LogP contribution >= 0.6 is 11.6 Å². The average molecular weight is 331 g/mol. The maximum absolute atomic E-state index is 6.03. The molecule has 0 aliphatic heterocycles. The summed E-state index contributed by atoms with van der Waals surface area (Å²) in [4.78, 5) is 11.5. The number of aromatic nitrogens is 3. The number of anilines is 2. The standard InChI is InChI=1S/C17H19ClN4O/c1-9(2)23-14-6-11(4)10(3)5-13(14)21-16-12-7-15(18)22-17(12)20-8-19-16/h5-9H,1-4H3,(H2,19,20,21,22). The van der Waals surface area contributed by atoms with Crippen LogP contribution in [0.25, 0.3) is 11.0 Å². The van der Waals surface area contributed by atoms with Gasteiger partial charge in [0.25, 0.3) is 0 Å². The molecule has 23 heavy (non-hydrogen) atoms. The zero-order valence-corrected chi connectivity index (χ0v) is 14.3. The van der Waals surface area contributed by atoms with Crippen LogP contribution in [-0.2, 0) is 0 Å². The number of hydrogen-bond acceptors (Lipinski definition) is 4. The van der Waals surface area contributed by atoms with Crippen molar-refractivity contribution in [2.75, 3.05) is 5.32 Å². The van der Waals surface area contributed by atoms with Gasteiger partial charge in [0, 0.05) is 0 Å². The summed E-state index contributed by atoms with van der Waals surface area (Å²) >= 11 is 6.03. The molecule has 2 aromatic heterocycles. The highest BCUT2D eigenvalue weighted by Crippen LogP contribution is 2.33. The van der Waals surface area contributed by atoms with Crippen molar-refractivity contribution >= 4 is 34.1 Å². The summed E-state index contributed by atoms with van der Waals surface area (Å²) in [5.74, 6) is 1.49. The van der Waals surface area contributed by atoms with Crippen LogP contribution in [0.4, 0.5) is 11.5 Å². The number of aryl methyl sites for hydroxylation is 2. The number of ether oxygens (including phenoxy) is 1. The highest BCUT2D eigenvalue weighted by atomic mass is 35.5. The van der Waals surface area contributed by atoms with E-state index in [4.69, 9.17) is 16.3 Å². The van der Waals surface area contributed by atoms with Gasteiger partial charge in [-0.1, -0.05) is 11.6 Å². The van der Waals surface area contributed by atoms with E-state index in [0.29, 0.717) is 16.6 Å². The SMILES string of the molecule is Cc1cc(Nc2ncnc3[nH]c(Cl)cc23)c(OC(C)C)cc1C. The molecule has 6 heteroatoms. The van der Waals surface area contributed by atoms with Gasteiger partial charge in [-0.05, 0) is 57.0 Å². The number of hydrogen-bond donors (Lipinski definition) is 2. The molecule has 0 unspecified atom stereocenters. The lowest BCUT2D eigenvalue weighted by Gasteiger charge is -2.17. The topological polar surface area (TPSA) is 62.8 Å². The van der Waals surface area contributed by atoms with E-state index in [9.17, 15) is 0 Å². The van der Waals surface area contributed by atoms with Crippen LogP contribution in [-0.4, -0.2) is 21.1 Å². The van der Waals surface area contributed by atoms with Gasteiger partial charge in [0.05, 0.1) is 17.2 Å². The minimum Gasteiger partial charge on any atom is -0.489 e. The molecule has 0 fully saturated rings. The van der Waals surface area contributed by atoms with Crippen molar-refractivity contribution in [3.05, 3.63) is 40.8 Å². The van der Waals surface area contributed by atoms with Crippen LogP contribution in [0.5, 0.6) is 5.75 Å². The second kappa shape index (κ2) is 6.08. The van der Waals surface area contributed by atoms with Crippen LogP contribution in [0, 0.1) is 13.8 Å². The van der Waals surface area contributed by atoms with Crippen LogP contribution in [0.15, 0.2) is 24.5 Å². The first-order valence-corrected chi connectivity index (χ1v) is 7.86. The van der Waals surface area contributed by atoms with Crippen molar-refractivity contribution in [3.63, 3.8) is 0 Å². The maximum Gasteiger partial charge on any atom is 0.144 e. The van der Waals surface area contributed by atoms with E-state index in [1.165, 1.54) is 17.5 Å². The van der Waals surface area contributed by atoms with E-state index in [0.717, 1.165) is 16.8 Å². The van der Waals surface area contributed by atoms with Gasteiger partial charge in [-0.25, -0.2) is 9.97 Å². The van der Waals surface area contributed by atoms with Crippen molar-refractivity contribution in [1.29, 1.82) is 0 Å². The zero-order chi connectivity index (χ0) is 16.6. The Hall–Kier alpha value is -2.27. The Labute approximate surface area is 140 Å². The van der Waals surface area contributed by atoms with Crippen molar-refractivity contribution in [3.8, 4) is 5.75 Å². The molecule has 0 amide bonds. The number of H-pyrrole nitrogens is 1. The molecule has 0 spiro atoms. The first-order chi connectivity index (χ1) is 10.9. The number of halogens is 1. The highest BCUT2D eigenvalue weighted by molar-refractivity contribution is 6.30. The average Bonchev–Trinajstić information content (AvgIpc) is 2.85. The molecule has 0 aliphatic carbocycles. The fourth-order valence-electron chi connectivity index (χ4n) is 2.37. The van der Waals surface area contributed by atoms with E-state index in [-0.39, 0.29) is 6.10 Å². The molecule has 120 valence electrons. The number of rotatable bonds is 4. The summed E-state index contributed by atoms with van der Waals surface area (Å²) in [5.41, 5.74) is 3.94. The van der Waals surface area contributed by atoms with Gasteiger partial charge < -0.3 is 15.0 Å². The number of aromatic amines is 1. The lowest BCUT2D eigenvalue weighted by atomic mass is 10.1. The summed E-state index contributed by atoms with van der Waals surface area (Å²) in [6.07, 6.45) is 1.59. The molecule has 0 saturated carbocycles. The zero-order valence-electron chi connectivity index (χ0n) is 13.6. The van der Waals surface area contributed by atoms with E-state index >= 15 is 0 Å². The molecular weight excluding hydrogens is 312 g/mol. The Balaban J connectivity index is 2.05. The minimum atomic E-state index is 0.0878. The third-order valence-electron chi connectivity index (χ3n) is 3.60. The van der Waals surface area contributed by atoms with Crippen LogP contribution < -0.4 is 10.1 Å². The molecule has 2 heterocycles. The Morgan fingerprint density at radius 2 is 1.87 bits per heavy atom. The van der Waals surface area contributed by atoms with E-state index in [1.54, 1.807) is 0 Å². The van der Waals surface area contributed by atoms with Crippen molar-refractivity contribution in [2.45, 2.75) is 33.8 Å². The smallest absolute Gasteiger partial charge is 0.144 e. The molecule has 0 bridgehead atoms. The summed E-state index contributed by atoms with van der Waals surface area (Å²) in [6, 6.07) is 5.92. The monoisotopic (exact) mass is 330 g/mol. The minimum absolute atomic E-state index is 0.0878. The van der Waals surface area contributed by atoms with Gasteiger partial charge in [0.2, 0.25) is 0 Å². The molecule has 5 nitrogen and oxygen atoms in total. The molecule has 2 N–H and O–H groups in total. The Kier molecular flexibility index (Phi) is 4.13. The second-order valence-corrected chi connectivity index (χ2v) is 6.23. The maximum atomic E-state index is 6.03. The lowest BCUT2D eigenvalue weighted by molar-refractivity contribution is 0.243. The predicted octanol–water partition coefficient (Wildman–Crippen LogP) is 4.76. The van der Waals surface area contributed by atoms with E-state index < -0.39 is 0 Å². The van der Waals surface area contributed by atoms with Crippen LogP contribution in [0.1, 0.15) is 25.0 Å². The van der Waals surface area contributed by atoms with E-state index in [2.05, 4.69) is 40.2 Å². The molecule has 3 aromatic rings. The van der Waals surface area contributed by atoms with Gasteiger partial charge in [0.15, 0.2) is 0 Å². The van der Waals surface area contributed by atoms with Crippen molar-refractivity contribution < 1.29 is 4.74 Å². The second-order valence-electron chi connectivity index (χ2n) is 5.83. The van der Waals surface area contributed by atoms with Gasteiger partial charge in [-0.2, -0.15) is 0 Å². The summed E-state index contributed by atoms with van der Waals surface area (Å²) in [7, 11) is 0. The Bertz CT molecular complexity index is 857. The number of benzene rings is 1. The van der Waals surface area contributed by atoms with Crippen molar-refractivity contribution in [2.24, 2.45) is 0 Å². The summed E-state index contributed by atoms with van der Waals surface area (Å²) < 4.78 is 5.93. The van der Waals surface area contributed by atoms with Gasteiger partial charge in [0.1, 0.15) is 28.7 Å². The predicted molar refractivity (Wildman–Crippen MR) is 93.9 cm³/mol. The molecule has 0 aliphatic rings. The quantitative estimate of drug-likeness (QED) is 0.724. The largest absolute Gasteiger partial charge is 0.489 e. The Morgan fingerprint density at radius 3 is 2.61 bits per heavy atom. The molecule has 0 atom stereocenters. The number of nitrogens with zero attached hydrogens (tertiary/aromatic N) is 2. The first-order valence-electron chi connectivity index (χ1n) is 7.48. The van der Waals surface area contributed by atoms with Gasteiger partial charge in [-0.3, -0.25) is 0 Å². The number of nitrogens with one attached hydrogen (secondary N) is 2. The van der Waals surface area contributed by atoms with Crippen LogP contribution in [0.3, 0.4) is 0 Å². The Morgan fingerprint density at radius 1 is 1.13 bits per heavy atom. The third kappa shape index (κ3) is 3.24. The van der Waals surface area contributed by atoms with Gasteiger partial charge >= 0.3 is 0 Å². The first kappa shape index (κ1) is 15.6. The molecule has 3 rings (SSSR count). The fraction of sp³-hybridized carbons (Fsp3) is 0.294. The van der Waals surface area contributed by atoms with E-state index in [1.807, 2.05) is 26.0 Å². The molecule has 0 saturated heterocycles. The lowest BCUT2D eigenvalue weighted by Crippen LogP contribution is -2.08. The normalized spacial score (nSPS) is 11.2.